The van der Waals surface area contributed by atoms with Crippen LogP contribution in [0.5, 0.6) is 5.75 Å². The summed E-state index contributed by atoms with van der Waals surface area (Å²) in [6.07, 6.45) is -0.644. The van der Waals surface area contributed by atoms with Crippen LogP contribution in [0.1, 0.15) is 11.7 Å². The van der Waals surface area contributed by atoms with E-state index < -0.39 is 6.10 Å². The van der Waals surface area contributed by atoms with Crippen LogP contribution in [0.4, 0.5) is 0 Å². The Morgan fingerprint density at radius 3 is 2.87 bits per heavy atom. The molecule has 0 radical (unpaired) electrons. The lowest BCUT2D eigenvalue weighted by Crippen LogP contribution is -2.09. The molecule has 4 nitrogen and oxygen atoms in total. The SMILES string of the molecule is COC(=O)[C@H]1O[C@@H]1c1cccc(OC)c1. The molecular formula is C11H12O4. The largest absolute Gasteiger partial charge is 0.497 e. The van der Waals surface area contributed by atoms with E-state index in [0.29, 0.717) is 0 Å². The number of carbonyl (C=O) groups excluding carboxylic acids is 1. The van der Waals surface area contributed by atoms with Gasteiger partial charge in [0.05, 0.1) is 14.2 Å². The first-order valence-corrected chi connectivity index (χ1v) is 4.63. The van der Waals surface area contributed by atoms with Gasteiger partial charge in [0, 0.05) is 0 Å². The second-order valence-electron chi connectivity index (χ2n) is 3.28. The molecule has 1 heterocycles. The normalized spacial score (nSPS) is 23.3. The average Bonchev–Trinajstić information content (AvgIpc) is 3.08. The first-order chi connectivity index (χ1) is 7.26. The van der Waals surface area contributed by atoms with E-state index in [1.54, 1.807) is 7.11 Å². The maximum absolute atomic E-state index is 11.1. The smallest absolute Gasteiger partial charge is 0.338 e. The van der Waals surface area contributed by atoms with Crippen LogP contribution < -0.4 is 4.74 Å². The highest BCUT2D eigenvalue weighted by Crippen LogP contribution is 2.40. The molecule has 0 spiro atoms. The van der Waals surface area contributed by atoms with Gasteiger partial charge in [-0.2, -0.15) is 0 Å². The molecule has 1 aromatic carbocycles. The lowest BCUT2D eigenvalue weighted by Gasteiger charge is -2.01. The topological polar surface area (TPSA) is 48.1 Å². The van der Waals surface area contributed by atoms with Crippen molar-refractivity contribution in [2.24, 2.45) is 0 Å². The van der Waals surface area contributed by atoms with Crippen molar-refractivity contribution in [2.75, 3.05) is 14.2 Å². The number of rotatable bonds is 3. The molecule has 1 aromatic rings. The van der Waals surface area contributed by atoms with Crippen molar-refractivity contribution in [2.45, 2.75) is 12.2 Å². The maximum atomic E-state index is 11.1. The Morgan fingerprint density at radius 1 is 1.40 bits per heavy atom. The van der Waals surface area contributed by atoms with E-state index in [-0.39, 0.29) is 12.1 Å². The molecule has 1 aliphatic rings. The maximum Gasteiger partial charge on any atom is 0.338 e. The second kappa shape index (κ2) is 3.90. The molecule has 2 atom stereocenters. The van der Waals surface area contributed by atoms with E-state index in [0.717, 1.165) is 11.3 Å². The van der Waals surface area contributed by atoms with Gasteiger partial charge in [0.25, 0.3) is 0 Å². The van der Waals surface area contributed by atoms with Gasteiger partial charge in [-0.15, -0.1) is 0 Å². The van der Waals surface area contributed by atoms with Crippen molar-refractivity contribution in [1.29, 1.82) is 0 Å². The first kappa shape index (κ1) is 9.98. The molecule has 1 fully saturated rings. The van der Waals surface area contributed by atoms with Crippen LogP contribution >= 0.6 is 0 Å². The molecule has 0 saturated carbocycles. The number of epoxide rings is 1. The van der Waals surface area contributed by atoms with Crippen LogP contribution in [0.15, 0.2) is 24.3 Å². The number of esters is 1. The molecule has 0 amide bonds. The third kappa shape index (κ3) is 1.94. The summed E-state index contributed by atoms with van der Waals surface area (Å²) in [5.41, 5.74) is 0.935. The third-order valence-electron chi connectivity index (χ3n) is 2.35. The fourth-order valence-corrected chi connectivity index (χ4v) is 1.48. The van der Waals surface area contributed by atoms with Gasteiger partial charge in [0.1, 0.15) is 11.9 Å². The van der Waals surface area contributed by atoms with Crippen LogP contribution in [-0.4, -0.2) is 26.3 Å². The summed E-state index contributed by atoms with van der Waals surface area (Å²) < 4.78 is 14.9. The van der Waals surface area contributed by atoms with Crippen LogP contribution in [-0.2, 0) is 14.3 Å². The minimum atomic E-state index is -0.456. The molecule has 80 valence electrons. The highest BCUT2D eigenvalue weighted by atomic mass is 16.6. The molecule has 0 aliphatic carbocycles. The van der Waals surface area contributed by atoms with Crippen molar-refractivity contribution in [3.05, 3.63) is 29.8 Å². The molecule has 0 bridgehead atoms. The van der Waals surface area contributed by atoms with Gasteiger partial charge in [-0.3, -0.25) is 0 Å². The van der Waals surface area contributed by atoms with Crippen molar-refractivity contribution in [1.82, 2.24) is 0 Å². The van der Waals surface area contributed by atoms with E-state index in [1.165, 1.54) is 7.11 Å². The molecule has 15 heavy (non-hydrogen) atoms. The fraction of sp³-hybridized carbons (Fsp3) is 0.364. The molecule has 4 heteroatoms. The zero-order valence-corrected chi connectivity index (χ0v) is 8.60. The first-order valence-electron chi connectivity index (χ1n) is 4.63. The highest BCUT2D eigenvalue weighted by molar-refractivity contribution is 5.78. The molecule has 1 aliphatic heterocycles. The van der Waals surface area contributed by atoms with Crippen LogP contribution in [0.2, 0.25) is 0 Å². The third-order valence-corrected chi connectivity index (χ3v) is 2.35. The molecule has 2 rings (SSSR count). The van der Waals surface area contributed by atoms with E-state index in [4.69, 9.17) is 9.47 Å². The monoisotopic (exact) mass is 208 g/mol. The number of hydrogen-bond acceptors (Lipinski definition) is 4. The molecule has 0 unspecified atom stereocenters. The summed E-state index contributed by atoms with van der Waals surface area (Å²) >= 11 is 0. The Balaban J connectivity index is 2.09. The molecule has 0 aromatic heterocycles. The summed E-state index contributed by atoms with van der Waals surface area (Å²) in [4.78, 5) is 11.1. The van der Waals surface area contributed by atoms with E-state index in [2.05, 4.69) is 4.74 Å². The Kier molecular flexibility index (Phi) is 2.60. The Hall–Kier alpha value is -1.55. The van der Waals surface area contributed by atoms with E-state index >= 15 is 0 Å². The van der Waals surface area contributed by atoms with Gasteiger partial charge in [-0.25, -0.2) is 4.79 Å². The molecule has 1 saturated heterocycles. The van der Waals surface area contributed by atoms with Gasteiger partial charge in [0.2, 0.25) is 0 Å². The Labute approximate surface area is 87.8 Å². The van der Waals surface area contributed by atoms with Crippen molar-refractivity contribution >= 4 is 5.97 Å². The van der Waals surface area contributed by atoms with E-state index in [1.807, 2.05) is 24.3 Å². The van der Waals surface area contributed by atoms with Gasteiger partial charge in [-0.05, 0) is 17.7 Å². The lowest BCUT2D eigenvalue weighted by molar-refractivity contribution is -0.142. The van der Waals surface area contributed by atoms with Gasteiger partial charge < -0.3 is 14.2 Å². The minimum Gasteiger partial charge on any atom is -0.497 e. The fourth-order valence-electron chi connectivity index (χ4n) is 1.48. The van der Waals surface area contributed by atoms with Gasteiger partial charge in [0.15, 0.2) is 6.10 Å². The van der Waals surface area contributed by atoms with Crippen molar-refractivity contribution in [3.63, 3.8) is 0 Å². The predicted molar refractivity (Wildman–Crippen MR) is 52.6 cm³/mol. The summed E-state index contributed by atoms with van der Waals surface area (Å²) in [7, 11) is 2.96. The average molecular weight is 208 g/mol. The predicted octanol–water partition coefficient (Wildman–Crippen LogP) is 1.31. The number of carbonyl (C=O) groups is 1. The van der Waals surface area contributed by atoms with Crippen LogP contribution in [0, 0.1) is 0 Å². The zero-order valence-electron chi connectivity index (χ0n) is 8.60. The Morgan fingerprint density at radius 2 is 2.20 bits per heavy atom. The molecular weight excluding hydrogens is 196 g/mol. The summed E-state index contributed by atoms with van der Waals surface area (Å²) in [6.45, 7) is 0. The quantitative estimate of drug-likeness (QED) is 0.555. The standard InChI is InChI=1S/C11H12O4/c1-13-8-5-3-4-7(6-8)9-10(15-9)11(12)14-2/h3-6,9-10H,1-2H3/t9-,10+/m1/s1. The van der Waals surface area contributed by atoms with Crippen LogP contribution in [0.3, 0.4) is 0 Å². The number of hydrogen-bond donors (Lipinski definition) is 0. The number of methoxy groups -OCH3 is 2. The number of ether oxygens (including phenoxy) is 3. The minimum absolute atomic E-state index is 0.187. The summed E-state index contributed by atoms with van der Waals surface area (Å²) in [5, 5.41) is 0. The summed E-state index contributed by atoms with van der Waals surface area (Å²) in [6, 6.07) is 7.47. The Bertz CT molecular complexity index is 375. The van der Waals surface area contributed by atoms with Crippen molar-refractivity contribution in [3.8, 4) is 5.75 Å². The van der Waals surface area contributed by atoms with E-state index in [9.17, 15) is 4.79 Å². The summed E-state index contributed by atoms with van der Waals surface area (Å²) in [5.74, 6) is 0.425. The zero-order chi connectivity index (χ0) is 10.8. The number of benzene rings is 1. The van der Waals surface area contributed by atoms with Gasteiger partial charge in [-0.1, -0.05) is 12.1 Å². The lowest BCUT2D eigenvalue weighted by atomic mass is 10.1. The van der Waals surface area contributed by atoms with Gasteiger partial charge >= 0.3 is 5.97 Å². The second-order valence-corrected chi connectivity index (χ2v) is 3.28. The molecule has 0 N–H and O–H groups in total. The highest BCUT2D eigenvalue weighted by Gasteiger charge is 2.47. The van der Waals surface area contributed by atoms with Crippen molar-refractivity contribution < 1.29 is 19.0 Å². The van der Waals surface area contributed by atoms with Crippen LogP contribution in [0.25, 0.3) is 0 Å².